The van der Waals surface area contributed by atoms with Gasteiger partial charge in [0.05, 0.1) is 10.2 Å². The molecule has 0 aliphatic heterocycles. The number of thiazole rings is 1. The Morgan fingerprint density at radius 2 is 1.68 bits per heavy atom. The normalized spacial score (nSPS) is 11.9. The van der Waals surface area contributed by atoms with Crippen molar-refractivity contribution in [3.05, 3.63) is 99.9 Å². The summed E-state index contributed by atoms with van der Waals surface area (Å²) in [6.07, 6.45) is 0.859. The Hall–Kier alpha value is -2.98. The van der Waals surface area contributed by atoms with E-state index in [2.05, 4.69) is 53.7 Å². The number of carbonyl (C=O) groups excluding carboxylic acids is 1. The van der Waals surface area contributed by atoms with Gasteiger partial charge >= 0.3 is 0 Å². The summed E-state index contributed by atoms with van der Waals surface area (Å²) in [5, 5.41) is 0. The van der Waals surface area contributed by atoms with Gasteiger partial charge in [-0.2, -0.15) is 4.99 Å². The first-order chi connectivity index (χ1) is 13.6. The van der Waals surface area contributed by atoms with Gasteiger partial charge in [0.15, 0.2) is 4.80 Å². The zero-order valence-corrected chi connectivity index (χ0v) is 16.9. The predicted molar refractivity (Wildman–Crippen MR) is 116 cm³/mol. The molecule has 0 bridgehead atoms. The van der Waals surface area contributed by atoms with E-state index in [1.807, 2.05) is 42.5 Å². The maximum Gasteiger partial charge on any atom is 0.279 e. The summed E-state index contributed by atoms with van der Waals surface area (Å²) in [6.45, 7) is 4.94. The van der Waals surface area contributed by atoms with Gasteiger partial charge in [0.1, 0.15) is 0 Å². The van der Waals surface area contributed by atoms with Crippen molar-refractivity contribution in [3.63, 3.8) is 0 Å². The molecule has 0 radical (unpaired) electrons. The van der Waals surface area contributed by atoms with Crippen LogP contribution in [0.25, 0.3) is 10.2 Å². The fourth-order valence-electron chi connectivity index (χ4n) is 3.32. The fraction of sp³-hybridized carbons (Fsp3) is 0.167. The summed E-state index contributed by atoms with van der Waals surface area (Å²) in [7, 11) is 0. The van der Waals surface area contributed by atoms with Gasteiger partial charge in [-0.25, -0.2) is 0 Å². The molecular weight excluding hydrogens is 364 g/mol. The average Bonchev–Trinajstić information content (AvgIpc) is 3.05. The molecule has 0 aliphatic rings. The van der Waals surface area contributed by atoms with E-state index in [4.69, 9.17) is 0 Å². The number of fused-ring (bicyclic) bond motifs is 1. The van der Waals surface area contributed by atoms with E-state index in [1.165, 1.54) is 16.7 Å². The Morgan fingerprint density at radius 1 is 0.964 bits per heavy atom. The monoisotopic (exact) mass is 386 g/mol. The van der Waals surface area contributed by atoms with Crippen molar-refractivity contribution in [2.24, 2.45) is 4.99 Å². The minimum Gasteiger partial charge on any atom is -0.317 e. The highest BCUT2D eigenvalue weighted by Gasteiger charge is 2.09. The molecule has 0 saturated heterocycles. The molecule has 0 atom stereocenters. The summed E-state index contributed by atoms with van der Waals surface area (Å²) in [5.41, 5.74) is 5.40. The van der Waals surface area contributed by atoms with Gasteiger partial charge < -0.3 is 4.57 Å². The minimum atomic E-state index is -0.197. The average molecular weight is 387 g/mol. The number of carbonyl (C=O) groups is 1. The highest BCUT2D eigenvalue weighted by Crippen LogP contribution is 2.19. The SMILES string of the molecule is CCn1c(=NC(=O)c2ccc(Cc3ccccc3)cc2)sc2cc(C)ccc21. The molecule has 0 fully saturated rings. The number of hydrogen-bond donors (Lipinski definition) is 0. The number of amides is 1. The number of benzene rings is 3. The van der Waals surface area contributed by atoms with E-state index in [-0.39, 0.29) is 5.91 Å². The van der Waals surface area contributed by atoms with Crippen LogP contribution in [0.2, 0.25) is 0 Å². The maximum atomic E-state index is 12.7. The first-order valence-electron chi connectivity index (χ1n) is 9.46. The topological polar surface area (TPSA) is 34.4 Å². The first-order valence-corrected chi connectivity index (χ1v) is 10.3. The molecule has 3 nitrogen and oxygen atoms in total. The standard InChI is InChI=1S/C24H22N2OS/c1-3-26-21-14-9-17(2)15-22(21)28-24(26)25-23(27)20-12-10-19(11-13-20)16-18-7-5-4-6-8-18/h4-15H,3,16H2,1-2H3. The van der Waals surface area contributed by atoms with Crippen molar-refractivity contribution in [1.82, 2.24) is 4.57 Å². The lowest BCUT2D eigenvalue weighted by Crippen LogP contribution is -2.15. The second-order valence-electron chi connectivity index (χ2n) is 6.88. The van der Waals surface area contributed by atoms with Crippen LogP contribution in [0, 0.1) is 6.92 Å². The van der Waals surface area contributed by atoms with Crippen molar-refractivity contribution in [1.29, 1.82) is 0 Å². The van der Waals surface area contributed by atoms with Crippen LogP contribution in [0.1, 0.15) is 34.0 Å². The van der Waals surface area contributed by atoms with Gasteiger partial charge in [-0.05, 0) is 61.2 Å². The predicted octanol–water partition coefficient (Wildman–Crippen LogP) is 5.36. The fourth-order valence-corrected chi connectivity index (χ4v) is 4.51. The first kappa shape index (κ1) is 18.4. The van der Waals surface area contributed by atoms with E-state index in [0.717, 1.165) is 28.0 Å². The highest BCUT2D eigenvalue weighted by atomic mass is 32.1. The summed E-state index contributed by atoms with van der Waals surface area (Å²) < 4.78 is 3.26. The van der Waals surface area contributed by atoms with E-state index in [9.17, 15) is 4.79 Å². The number of nitrogens with zero attached hydrogens (tertiary/aromatic N) is 2. The molecular formula is C24H22N2OS. The lowest BCUT2D eigenvalue weighted by molar-refractivity contribution is 0.0998. The molecule has 28 heavy (non-hydrogen) atoms. The quantitative estimate of drug-likeness (QED) is 0.465. The van der Waals surface area contributed by atoms with Crippen LogP contribution in [-0.2, 0) is 13.0 Å². The molecule has 4 heteroatoms. The number of aromatic nitrogens is 1. The lowest BCUT2D eigenvalue weighted by atomic mass is 10.0. The van der Waals surface area contributed by atoms with Gasteiger partial charge in [0.25, 0.3) is 5.91 Å². The largest absolute Gasteiger partial charge is 0.317 e. The zero-order chi connectivity index (χ0) is 19.5. The third kappa shape index (κ3) is 3.82. The Kier molecular flexibility index (Phi) is 5.22. The number of aryl methyl sites for hydroxylation is 2. The molecule has 1 heterocycles. The molecule has 0 N–H and O–H groups in total. The van der Waals surface area contributed by atoms with Crippen molar-refractivity contribution in [2.75, 3.05) is 0 Å². The van der Waals surface area contributed by atoms with E-state index in [0.29, 0.717) is 5.56 Å². The van der Waals surface area contributed by atoms with Gasteiger partial charge in [0, 0.05) is 12.1 Å². The summed E-state index contributed by atoms with van der Waals surface area (Å²) in [6, 6.07) is 24.4. The van der Waals surface area contributed by atoms with Crippen molar-refractivity contribution in [3.8, 4) is 0 Å². The summed E-state index contributed by atoms with van der Waals surface area (Å²) in [4.78, 5) is 17.9. The van der Waals surface area contributed by atoms with Gasteiger partial charge in [-0.15, -0.1) is 0 Å². The smallest absolute Gasteiger partial charge is 0.279 e. The Balaban J connectivity index is 1.62. The van der Waals surface area contributed by atoms with Crippen LogP contribution in [0.15, 0.2) is 77.8 Å². The maximum absolute atomic E-state index is 12.7. The zero-order valence-electron chi connectivity index (χ0n) is 16.1. The minimum absolute atomic E-state index is 0.197. The third-order valence-electron chi connectivity index (χ3n) is 4.80. The molecule has 4 aromatic rings. The Labute approximate surface area is 168 Å². The van der Waals surface area contributed by atoms with Crippen molar-refractivity contribution in [2.45, 2.75) is 26.8 Å². The second kappa shape index (κ2) is 7.95. The van der Waals surface area contributed by atoms with Crippen LogP contribution in [0.4, 0.5) is 0 Å². The number of rotatable bonds is 4. The molecule has 0 saturated carbocycles. The Morgan fingerprint density at radius 3 is 2.39 bits per heavy atom. The van der Waals surface area contributed by atoms with Gasteiger partial charge in [-0.1, -0.05) is 59.9 Å². The van der Waals surface area contributed by atoms with Crippen molar-refractivity contribution >= 4 is 27.5 Å². The molecule has 3 aromatic carbocycles. The number of hydrogen-bond acceptors (Lipinski definition) is 2. The van der Waals surface area contributed by atoms with E-state index < -0.39 is 0 Å². The van der Waals surface area contributed by atoms with Gasteiger partial charge in [0.2, 0.25) is 0 Å². The molecule has 0 aliphatic carbocycles. The third-order valence-corrected chi connectivity index (χ3v) is 5.84. The Bertz CT molecular complexity index is 1180. The molecule has 0 spiro atoms. The van der Waals surface area contributed by atoms with E-state index in [1.54, 1.807) is 11.3 Å². The highest BCUT2D eigenvalue weighted by molar-refractivity contribution is 7.16. The van der Waals surface area contributed by atoms with Crippen LogP contribution < -0.4 is 4.80 Å². The van der Waals surface area contributed by atoms with Crippen LogP contribution in [-0.4, -0.2) is 10.5 Å². The second-order valence-corrected chi connectivity index (χ2v) is 7.89. The lowest BCUT2D eigenvalue weighted by Gasteiger charge is -2.03. The van der Waals surface area contributed by atoms with Crippen LogP contribution in [0.5, 0.6) is 0 Å². The molecule has 140 valence electrons. The summed E-state index contributed by atoms with van der Waals surface area (Å²) >= 11 is 1.57. The van der Waals surface area contributed by atoms with Gasteiger partial charge in [-0.3, -0.25) is 4.79 Å². The van der Waals surface area contributed by atoms with E-state index >= 15 is 0 Å². The molecule has 1 aromatic heterocycles. The van der Waals surface area contributed by atoms with Crippen LogP contribution >= 0.6 is 11.3 Å². The van der Waals surface area contributed by atoms with Crippen LogP contribution in [0.3, 0.4) is 0 Å². The van der Waals surface area contributed by atoms with Crippen molar-refractivity contribution < 1.29 is 4.79 Å². The summed E-state index contributed by atoms with van der Waals surface area (Å²) in [5.74, 6) is -0.197. The molecule has 0 unspecified atom stereocenters. The molecule has 1 amide bonds. The molecule has 4 rings (SSSR count).